The number of carbonyl (C=O) groups is 1. The van der Waals surface area contributed by atoms with E-state index in [1.807, 2.05) is 37.3 Å². The Morgan fingerprint density at radius 1 is 1.19 bits per heavy atom. The zero-order valence-corrected chi connectivity index (χ0v) is 15.5. The van der Waals surface area contributed by atoms with E-state index in [-0.39, 0.29) is 24.2 Å². The molecule has 1 amide bonds. The number of hydrogen-bond donors (Lipinski definition) is 0. The van der Waals surface area contributed by atoms with Gasteiger partial charge in [0.25, 0.3) is 5.91 Å². The highest BCUT2D eigenvalue weighted by Crippen LogP contribution is 2.27. The van der Waals surface area contributed by atoms with Gasteiger partial charge in [-0.25, -0.2) is 0 Å². The van der Waals surface area contributed by atoms with Crippen molar-refractivity contribution in [2.75, 3.05) is 14.2 Å². The van der Waals surface area contributed by atoms with E-state index in [1.54, 1.807) is 43.5 Å². The van der Waals surface area contributed by atoms with Crippen LogP contribution in [0, 0.1) is 0 Å². The number of nitrogens with zero attached hydrogens (tertiary/aromatic N) is 3. The molecule has 0 saturated heterocycles. The average Bonchev–Trinajstić information content (AvgIpc) is 3.20. The summed E-state index contributed by atoms with van der Waals surface area (Å²) in [5.41, 5.74) is 1.02. The Bertz CT molecular complexity index is 895. The van der Waals surface area contributed by atoms with Crippen molar-refractivity contribution in [3.05, 3.63) is 71.9 Å². The lowest BCUT2D eigenvalue weighted by Crippen LogP contribution is -2.30. The molecule has 0 aliphatic carbocycles. The summed E-state index contributed by atoms with van der Waals surface area (Å²) in [5.74, 6) is 1.41. The van der Waals surface area contributed by atoms with Crippen LogP contribution in [-0.2, 0) is 6.61 Å². The topological polar surface area (TPSA) is 77.7 Å². The molecule has 7 heteroatoms. The first-order valence-electron chi connectivity index (χ1n) is 8.49. The summed E-state index contributed by atoms with van der Waals surface area (Å²) in [7, 11) is 3.29. The maximum Gasteiger partial charge on any atom is 0.276 e. The smallest absolute Gasteiger partial charge is 0.276 e. The van der Waals surface area contributed by atoms with Crippen LogP contribution in [0.4, 0.5) is 0 Å². The van der Waals surface area contributed by atoms with E-state index < -0.39 is 0 Å². The molecule has 27 heavy (non-hydrogen) atoms. The third-order valence-corrected chi connectivity index (χ3v) is 4.23. The van der Waals surface area contributed by atoms with E-state index in [2.05, 4.69) is 10.1 Å². The molecule has 3 aromatic rings. The molecule has 0 fully saturated rings. The summed E-state index contributed by atoms with van der Waals surface area (Å²) in [6.45, 7) is 2.05. The van der Waals surface area contributed by atoms with E-state index >= 15 is 0 Å². The lowest BCUT2D eigenvalue weighted by molar-refractivity contribution is 0.0729. The fourth-order valence-electron chi connectivity index (χ4n) is 2.55. The molecule has 0 radical (unpaired) electrons. The zero-order valence-electron chi connectivity index (χ0n) is 15.5. The zero-order chi connectivity index (χ0) is 19.2. The van der Waals surface area contributed by atoms with Gasteiger partial charge in [0.05, 0.1) is 18.8 Å². The molecule has 0 spiro atoms. The minimum absolute atomic E-state index is 0.139. The van der Waals surface area contributed by atoms with Gasteiger partial charge < -0.3 is 18.9 Å². The van der Waals surface area contributed by atoms with Crippen LogP contribution >= 0.6 is 0 Å². The molecule has 0 saturated carbocycles. The number of hydrogen-bond acceptors (Lipinski definition) is 6. The predicted molar refractivity (Wildman–Crippen MR) is 98.6 cm³/mol. The van der Waals surface area contributed by atoms with Gasteiger partial charge in [-0.2, -0.15) is 0 Å². The summed E-state index contributed by atoms with van der Waals surface area (Å²) in [4.78, 5) is 18.5. The molecule has 0 bridgehead atoms. The van der Waals surface area contributed by atoms with E-state index in [4.69, 9.17) is 14.0 Å². The molecule has 7 nitrogen and oxygen atoms in total. The van der Waals surface area contributed by atoms with Gasteiger partial charge in [-0.15, -0.1) is 0 Å². The number of ether oxygens (including phenoxy) is 2. The van der Waals surface area contributed by atoms with Crippen molar-refractivity contribution in [1.82, 2.24) is 15.0 Å². The lowest BCUT2D eigenvalue weighted by Gasteiger charge is -2.23. The van der Waals surface area contributed by atoms with Gasteiger partial charge in [0.15, 0.2) is 23.0 Å². The van der Waals surface area contributed by atoms with E-state index in [0.29, 0.717) is 17.3 Å². The van der Waals surface area contributed by atoms with Gasteiger partial charge in [0, 0.05) is 19.3 Å². The Kier molecular flexibility index (Phi) is 5.71. The molecule has 0 N–H and O–H groups in total. The molecule has 0 aliphatic heterocycles. The maximum atomic E-state index is 12.7. The van der Waals surface area contributed by atoms with Crippen molar-refractivity contribution in [3.63, 3.8) is 0 Å². The van der Waals surface area contributed by atoms with Gasteiger partial charge in [0.1, 0.15) is 6.61 Å². The van der Waals surface area contributed by atoms with Gasteiger partial charge in [-0.3, -0.25) is 9.78 Å². The van der Waals surface area contributed by atoms with Gasteiger partial charge in [0.2, 0.25) is 0 Å². The number of carbonyl (C=O) groups excluding carboxylic acids is 1. The Morgan fingerprint density at radius 2 is 1.93 bits per heavy atom. The molecule has 0 unspecified atom stereocenters. The second-order valence-electron chi connectivity index (χ2n) is 5.96. The highest BCUT2D eigenvalue weighted by Gasteiger charge is 2.23. The van der Waals surface area contributed by atoms with Gasteiger partial charge in [-0.1, -0.05) is 23.4 Å². The summed E-state index contributed by atoms with van der Waals surface area (Å²) < 4.78 is 16.2. The number of para-hydroxylation sites is 2. The number of aromatic nitrogens is 2. The molecule has 1 aromatic carbocycles. The molecular weight excluding hydrogens is 346 g/mol. The third-order valence-electron chi connectivity index (χ3n) is 4.23. The monoisotopic (exact) mass is 367 g/mol. The van der Waals surface area contributed by atoms with Crippen LogP contribution in [-0.4, -0.2) is 35.1 Å². The standard InChI is InChI=1S/C20H21N3O4/c1-14(16-8-6-7-11-21-16)23(2)20(24)17-12-15(27-22-17)13-26-19-10-5-4-9-18(19)25-3/h4-12,14H,13H2,1-3H3/t14-/m1/s1. The first-order valence-corrected chi connectivity index (χ1v) is 8.49. The second-order valence-corrected chi connectivity index (χ2v) is 5.96. The second kappa shape index (κ2) is 8.35. The number of rotatable bonds is 7. The molecule has 0 aliphatic rings. The van der Waals surface area contributed by atoms with Crippen molar-refractivity contribution in [3.8, 4) is 11.5 Å². The molecule has 2 heterocycles. The van der Waals surface area contributed by atoms with E-state index in [1.165, 1.54) is 0 Å². The molecule has 1 atom stereocenters. The van der Waals surface area contributed by atoms with Crippen molar-refractivity contribution >= 4 is 5.91 Å². The fraction of sp³-hybridized carbons (Fsp3) is 0.250. The minimum Gasteiger partial charge on any atom is -0.493 e. The Hall–Kier alpha value is -3.35. The summed E-state index contributed by atoms with van der Waals surface area (Å²) in [5, 5.41) is 3.87. The van der Waals surface area contributed by atoms with Crippen molar-refractivity contribution in [2.24, 2.45) is 0 Å². The van der Waals surface area contributed by atoms with Crippen LogP contribution in [0.3, 0.4) is 0 Å². The van der Waals surface area contributed by atoms with Crippen LogP contribution in [0.2, 0.25) is 0 Å². The van der Waals surface area contributed by atoms with E-state index in [0.717, 1.165) is 5.69 Å². The summed E-state index contributed by atoms with van der Waals surface area (Å²) >= 11 is 0. The number of benzene rings is 1. The van der Waals surface area contributed by atoms with Crippen LogP contribution in [0.15, 0.2) is 59.3 Å². The lowest BCUT2D eigenvalue weighted by atomic mass is 10.2. The molecule has 140 valence electrons. The predicted octanol–water partition coefficient (Wildman–Crippen LogP) is 3.49. The summed E-state index contributed by atoms with van der Waals surface area (Å²) in [6, 6.07) is 14.3. The van der Waals surface area contributed by atoms with E-state index in [9.17, 15) is 4.79 Å². The maximum absolute atomic E-state index is 12.7. The average molecular weight is 367 g/mol. The van der Waals surface area contributed by atoms with Gasteiger partial charge in [-0.05, 0) is 31.2 Å². The first-order chi connectivity index (χ1) is 13.1. The largest absolute Gasteiger partial charge is 0.493 e. The number of pyridine rings is 1. The highest BCUT2D eigenvalue weighted by molar-refractivity contribution is 5.92. The number of amides is 1. The highest BCUT2D eigenvalue weighted by atomic mass is 16.5. The first kappa shape index (κ1) is 18.4. The normalized spacial score (nSPS) is 11.7. The third kappa shape index (κ3) is 4.25. The van der Waals surface area contributed by atoms with Crippen LogP contribution in [0.5, 0.6) is 11.5 Å². The van der Waals surface area contributed by atoms with Crippen molar-refractivity contribution < 1.29 is 18.8 Å². The van der Waals surface area contributed by atoms with Crippen molar-refractivity contribution in [1.29, 1.82) is 0 Å². The Morgan fingerprint density at radius 3 is 2.63 bits per heavy atom. The van der Waals surface area contributed by atoms with Crippen molar-refractivity contribution in [2.45, 2.75) is 19.6 Å². The molecule has 3 rings (SSSR count). The minimum atomic E-state index is -0.250. The SMILES string of the molecule is COc1ccccc1OCc1cc(C(=O)N(C)[C@H](C)c2ccccn2)no1. The van der Waals surface area contributed by atoms with Crippen LogP contribution < -0.4 is 9.47 Å². The quantitative estimate of drug-likeness (QED) is 0.636. The Labute approximate surface area is 157 Å². The molecular formula is C20H21N3O4. The van der Waals surface area contributed by atoms with Crippen LogP contribution in [0.1, 0.15) is 34.9 Å². The number of methoxy groups -OCH3 is 1. The molecule has 2 aromatic heterocycles. The van der Waals surface area contributed by atoms with Crippen LogP contribution in [0.25, 0.3) is 0 Å². The fourth-order valence-corrected chi connectivity index (χ4v) is 2.55. The summed E-state index contributed by atoms with van der Waals surface area (Å²) in [6.07, 6.45) is 1.70. The Balaban J connectivity index is 1.65. The van der Waals surface area contributed by atoms with Gasteiger partial charge >= 0.3 is 0 Å².